The lowest BCUT2D eigenvalue weighted by atomic mass is 10.1. The van der Waals surface area contributed by atoms with Crippen LogP contribution in [0.4, 0.5) is 0 Å². The van der Waals surface area contributed by atoms with Crippen LogP contribution in [0.2, 0.25) is 0 Å². The SMILES string of the molecule is C/C(=N\OCCCCCC(=O)NCCC(=O)NCc1cc(COC(=O)C(C)C)ccc1OC1CC(O)CC(C(=O)O)O1)C(C)C.CC.CCC. The Morgan fingerprint density at radius 1 is 0.960 bits per heavy atom. The maximum atomic E-state index is 12.6. The van der Waals surface area contributed by atoms with Crippen molar-refractivity contribution in [3.05, 3.63) is 29.3 Å². The van der Waals surface area contributed by atoms with E-state index in [0.717, 1.165) is 18.6 Å². The lowest BCUT2D eigenvalue weighted by Crippen LogP contribution is -2.42. The Balaban J connectivity index is 0.00000454. The Morgan fingerprint density at radius 3 is 2.24 bits per heavy atom. The van der Waals surface area contributed by atoms with Crippen LogP contribution in [0.25, 0.3) is 0 Å². The van der Waals surface area contributed by atoms with Crippen LogP contribution >= 0.6 is 0 Å². The van der Waals surface area contributed by atoms with Crippen molar-refractivity contribution in [2.24, 2.45) is 17.0 Å². The van der Waals surface area contributed by atoms with Crippen molar-refractivity contribution < 1.29 is 48.4 Å². The number of amides is 2. The quantitative estimate of drug-likeness (QED) is 0.0585. The summed E-state index contributed by atoms with van der Waals surface area (Å²) in [6.45, 7) is 18.5. The highest BCUT2D eigenvalue weighted by Crippen LogP contribution is 2.27. The lowest BCUT2D eigenvalue weighted by molar-refractivity contribution is -0.195. The van der Waals surface area contributed by atoms with Crippen molar-refractivity contribution in [1.29, 1.82) is 0 Å². The molecule has 1 fully saturated rings. The Bertz CT molecular complexity index is 1170. The molecule has 1 aromatic carbocycles. The van der Waals surface area contributed by atoms with Crippen LogP contribution in [0.3, 0.4) is 0 Å². The minimum absolute atomic E-state index is 0.0166. The fourth-order valence-electron chi connectivity index (χ4n) is 4.10. The predicted octanol–water partition coefficient (Wildman–Crippen LogP) is 5.89. The van der Waals surface area contributed by atoms with Gasteiger partial charge in [0.05, 0.1) is 17.7 Å². The van der Waals surface area contributed by atoms with Crippen LogP contribution in [0, 0.1) is 11.8 Å². The van der Waals surface area contributed by atoms with Gasteiger partial charge in [-0.2, -0.15) is 0 Å². The first-order valence-electron chi connectivity index (χ1n) is 18.0. The summed E-state index contributed by atoms with van der Waals surface area (Å²) in [7, 11) is 0. The van der Waals surface area contributed by atoms with Gasteiger partial charge >= 0.3 is 11.9 Å². The number of benzene rings is 1. The molecule has 2 rings (SSSR count). The zero-order valence-electron chi connectivity index (χ0n) is 31.7. The summed E-state index contributed by atoms with van der Waals surface area (Å²) in [6, 6.07) is 5.01. The number of hydrogen-bond donors (Lipinski definition) is 4. The Hall–Kier alpha value is -3.71. The summed E-state index contributed by atoms with van der Waals surface area (Å²) in [6.07, 6.45) is 0.884. The average Bonchev–Trinajstić information content (AvgIpc) is 3.07. The topological polar surface area (TPSA) is 182 Å². The largest absolute Gasteiger partial charge is 0.479 e. The number of carboxylic acids is 1. The van der Waals surface area contributed by atoms with E-state index in [1.807, 2.05) is 34.6 Å². The Labute approximate surface area is 298 Å². The summed E-state index contributed by atoms with van der Waals surface area (Å²) < 4.78 is 16.7. The first-order valence-corrected chi connectivity index (χ1v) is 18.0. The van der Waals surface area contributed by atoms with Gasteiger partial charge in [-0.05, 0) is 49.8 Å². The highest BCUT2D eigenvalue weighted by molar-refractivity contribution is 5.83. The molecule has 0 aliphatic carbocycles. The van der Waals surface area contributed by atoms with Crippen LogP contribution in [-0.2, 0) is 46.6 Å². The summed E-state index contributed by atoms with van der Waals surface area (Å²) in [5.41, 5.74) is 2.14. The number of carbonyl (C=O) groups is 4. The van der Waals surface area contributed by atoms with Gasteiger partial charge in [0, 0.05) is 44.3 Å². The number of ether oxygens (including phenoxy) is 3. The molecule has 13 nitrogen and oxygen atoms in total. The number of nitrogens with one attached hydrogen (secondary N) is 2. The summed E-state index contributed by atoms with van der Waals surface area (Å²) in [5.74, 6) is -1.62. The van der Waals surface area contributed by atoms with E-state index in [0.29, 0.717) is 42.2 Å². The van der Waals surface area contributed by atoms with Crippen LogP contribution in [-0.4, -0.2) is 71.3 Å². The minimum Gasteiger partial charge on any atom is -0.479 e. The molecule has 0 aromatic heterocycles. The Kier molecular flexibility index (Phi) is 25.1. The predicted molar refractivity (Wildman–Crippen MR) is 192 cm³/mol. The van der Waals surface area contributed by atoms with Crippen LogP contribution in [0.5, 0.6) is 5.75 Å². The molecule has 2 amide bonds. The molecule has 0 saturated carbocycles. The molecule has 286 valence electrons. The molecule has 1 aromatic rings. The third-order valence-electron chi connectivity index (χ3n) is 7.11. The Morgan fingerprint density at radius 2 is 1.62 bits per heavy atom. The van der Waals surface area contributed by atoms with E-state index >= 15 is 0 Å². The second-order valence-corrected chi connectivity index (χ2v) is 12.5. The molecule has 3 unspecified atom stereocenters. The highest BCUT2D eigenvalue weighted by Gasteiger charge is 2.34. The molecule has 1 aliphatic heterocycles. The number of carbonyl (C=O) groups excluding carboxylic acids is 3. The van der Waals surface area contributed by atoms with E-state index in [1.54, 1.807) is 32.0 Å². The molecule has 0 bridgehead atoms. The second-order valence-electron chi connectivity index (χ2n) is 12.5. The average molecular weight is 710 g/mol. The van der Waals surface area contributed by atoms with Gasteiger partial charge < -0.3 is 39.9 Å². The maximum Gasteiger partial charge on any atom is 0.333 e. The van der Waals surface area contributed by atoms with Gasteiger partial charge in [0.2, 0.25) is 18.1 Å². The van der Waals surface area contributed by atoms with E-state index in [-0.39, 0.29) is 62.7 Å². The van der Waals surface area contributed by atoms with Crippen LogP contribution < -0.4 is 15.4 Å². The summed E-state index contributed by atoms with van der Waals surface area (Å²) in [5, 5.41) is 29.0. The zero-order valence-corrected chi connectivity index (χ0v) is 31.7. The van der Waals surface area contributed by atoms with Gasteiger partial charge in [-0.25, -0.2) is 4.79 Å². The molecule has 1 heterocycles. The molecule has 1 aliphatic rings. The van der Waals surface area contributed by atoms with Gasteiger partial charge in [0.25, 0.3) is 0 Å². The van der Waals surface area contributed by atoms with Crippen molar-refractivity contribution in [2.75, 3.05) is 13.2 Å². The number of aliphatic hydroxyl groups is 1. The molecule has 0 spiro atoms. The fourth-order valence-corrected chi connectivity index (χ4v) is 4.10. The number of unbranched alkanes of at least 4 members (excludes halogenated alkanes) is 2. The van der Waals surface area contributed by atoms with Crippen LogP contribution in [0.15, 0.2) is 23.4 Å². The molecule has 13 heteroatoms. The number of rotatable bonds is 19. The highest BCUT2D eigenvalue weighted by atomic mass is 16.7. The second kappa shape index (κ2) is 27.1. The number of aliphatic hydroxyl groups excluding tert-OH is 1. The van der Waals surface area contributed by atoms with Gasteiger partial charge in [-0.15, -0.1) is 0 Å². The van der Waals surface area contributed by atoms with Gasteiger partial charge in [-0.3, -0.25) is 14.4 Å². The third-order valence-corrected chi connectivity index (χ3v) is 7.11. The van der Waals surface area contributed by atoms with E-state index in [4.69, 9.17) is 19.0 Å². The maximum absolute atomic E-state index is 12.6. The van der Waals surface area contributed by atoms with Gasteiger partial charge in [0.15, 0.2) is 6.10 Å². The molecule has 4 N–H and O–H groups in total. The first kappa shape index (κ1) is 46.3. The molecule has 0 radical (unpaired) electrons. The van der Waals surface area contributed by atoms with Crippen molar-refractivity contribution >= 4 is 29.5 Å². The van der Waals surface area contributed by atoms with Crippen molar-refractivity contribution in [3.8, 4) is 5.75 Å². The monoisotopic (exact) mass is 709 g/mol. The number of hydrogen-bond acceptors (Lipinski definition) is 10. The number of carboxylic acid groups (broad SMARTS) is 1. The zero-order chi connectivity index (χ0) is 38.1. The van der Waals surface area contributed by atoms with E-state index in [9.17, 15) is 29.4 Å². The van der Waals surface area contributed by atoms with Crippen molar-refractivity contribution in [1.82, 2.24) is 10.6 Å². The van der Waals surface area contributed by atoms with E-state index < -0.39 is 24.5 Å². The lowest BCUT2D eigenvalue weighted by Gasteiger charge is -2.31. The molecule has 3 atom stereocenters. The molecular formula is C37H63N3O10. The fraction of sp³-hybridized carbons (Fsp3) is 0.703. The first-order chi connectivity index (χ1) is 23.8. The smallest absolute Gasteiger partial charge is 0.333 e. The number of oxime groups is 1. The summed E-state index contributed by atoms with van der Waals surface area (Å²) >= 11 is 0. The standard InChI is InChI=1S/C32H49N3O10.C3H8.C2H6/c1-20(2)22(5)35-43-14-8-6-7-9-28(37)33-13-12-29(38)34-18-24-15-23(19-42-32(41)21(3)4)10-11-26(24)44-30-17-25(36)16-27(45-30)31(39)40;1-3-2;1-2/h10-11,15,20-21,25,27,30,36H,6-9,12-14,16-19H2,1-5H3,(H,33,37)(H,34,38)(H,39,40);3H2,1-2H3;1-2H3/b35-22+;;. The van der Waals surface area contributed by atoms with E-state index in [1.165, 1.54) is 6.42 Å². The summed E-state index contributed by atoms with van der Waals surface area (Å²) in [4.78, 5) is 53.3. The normalized spacial score (nSPS) is 17.0. The van der Waals surface area contributed by atoms with Crippen molar-refractivity contribution in [3.63, 3.8) is 0 Å². The molecule has 50 heavy (non-hydrogen) atoms. The van der Waals surface area contributed by atoms with Crippen molar-refractivity contribution in [2.45, 2.75) is 145 Å². The van der Waals surface area contributed by atoms with Gasteiger partial charge in [-0.1, -0.05) is 73.0 Å². The third kappa shape index (κ3) is 20.7. The number of nitrogens with zero attached hydrogens (tertiary/aromatic N) is 1. The van der Waals surface area contributed by atoms with Crippen LogP contribution in [0.1, 0.15) is 125 Å². The van der Waals surface area contributed by atoms with E-state index in [2.05, 4.69) is 29.6 Å². The minimum atomic E-state index is -1.21. The van der Waals surface area contributed by atoms with Gasteiger partial charge in [0.1, 0.15) is 19.0 Å². The number of esters is 1. The molecule has 1 saturated heterocycles. The number of aliphatic carboxylic acids is 1. The molecular weight excluding hydrogens is 646 g/mol.